The summed E-state index contributed by atoms with van der Waals surface area (Å²) in [5, 5.41) is 3.35. The highest BCUT2D eigenvalue weighted by Gasteiger charge is 2.24. The molecule has 1 aliphatic carbocycles. The van der Waals surface area contributed by atoms with Gasteiger partial charge in [-0.2, -0.15) is 0 Å². The Labute approximate surface area is 118 Å². The van der Waals surface area contributed by atoms with Crippen LogP contribution in [0.25, 0.3) is 0 Å². The van der Waals surface area contributed by atoms with Crippen LogP contribution < -0.4 is 5.32 Å². The molecule has 0 saturated carbocycles. The van der Waals surface area contributed by atoms with Gasteiger partial charge < -0.3 is 10.2 Å². The lowest BCUT2D eigenvalue weighted by atomic mass is 9.88. The number of fused-ring (bicyclic) bond motifs is 1. The topological polar surface area (TPSA) is 15.3 Å². The second-order valence-electron chi connectivity index (χ2n) is 6.02. The van der Waals surface area contributed by atoms with Crippen LogP contribution in [0, 0.1) is 5.92 Å². The molecule has 2 nitrogen and oxygen atoms in total. The summed E-state index contributed by atoms with van der Waals surface area (Å²) in [4.78, 5) is 2.38. The Hall–Kier alpha value is -0.860. The molecule has 0 aromatic heterocycles. The van der Waals surface area contributed by atoms with E-state index in [-0.39, 0.29) is 0 Å². The van der Waals surface area contributed by atoms with Gasteiger partial charge in [0.25, 0.3) is 0 Å². The molecule has 2 heteroatoms. The maximum absolute atomic E-state index is 3.35. The van der Waals surface area contributed by atoms with E-state index < -0.39 is 0 Å². The van der Waals surface area contributed by atoms with E-state index in [0.717, 1.165) is 6.54 Å². The lowest BCUT2D eigenvalue weighted by molar-refractivity contribution is 0.204. The number of nitrogens with zero attached hydrogens (tertiary/aromatic N) is 1. The molecule has 1 aromatic carbocycles. The molecule has 19 heavy (non-hydrogen) atoms. The number of benzene rings is 1. The fourth-order valence-electron chi connectivity index (χ4n) is 3.51. The molecule has 1 N–H and O–H groups in total. The minimum Gasteiger partial charge on any atom is -0.319 e. The average Bonchev–Trinajstić information content (AvgIpc) is 2.85. The van der Waals surface area contributed by atoms with Gasteiger partial charge in [0.15, 0.2) is 0 Å². The maximum atomic E-state index is 3.35. The summed E-state index contributed by atoms with van der Waals surface area (Å²) in [5.74, 6) is 0.666. The first-order chi connectivity index (χ1) is 9.17. The molecule has 0 amide bonds. The van der Waals surface area contributed by atoms with Gasteiger partial charge in [-0.1, -0.05) is 31.5 Å². The summed E-state index contributed by atoms with van der Waals surface area (Å²) in [5.41, 5.74) is 4.65. The van der Waals surface area contributed by atoms with E-state index in [1.54, 1.807) is 11.1 Å². The quantitative estimate of drug-likeness (QED) is 0.846. The highest BCUT2D eigenvalue weighted by molar-refractivity contribution is 5.36. The minimum absolute atomic E-state index is 0.517. The van der Waals surface area contributed by atoms with Gasteiger partial charge in [0, 0.05) is 6.04 Å². The molecular formula is C17H28N2. The predicted molar refractivity (Wildman–Crippen MR) is 82.6 cm³/mol. The Balaban J connectivity index is 2.28. The van der Waals surface area contributed by atoms with Crippen molar-refractivity contribution in [3.05, 3.63) is 34.9 Å². The fraction of sp³-hybridized carbons (Fsp3) is 0.647. The molecule has 2 atom stereocenters. The molecule has 0 saturated heterocycles. The third kappa shape index (κ3) is 3.18. The van der Waals surface area contributed by atoms with Gasteiger partial charge in [-0.15, -0.1) is 0 Å². The summed E-state index contributed by atoms with van der Waals surface area (Å²) in [6.07, 6.45) is 5.09. The van der Waals surface area contributed by atoms with E-state index in [2.05, 4.69) is 56.5 Å². The Morgan fingerprint density at radius 3 is 2.58 bits per heavy atom. The zero-order chi connectivity index (χ0) is 13.8. The van der Waals surface area contributed by atoms with Crippen LogP contribution in [-0.2, 0) is 12.8 Å². The highest BCUT2D eigenvalue weighted by Crippen LogP contribution is 2.32. The zero-order valence-corrected chi connectivity index (χ0v) is 12.9. The van der Waals surface area contributed by atoms with Crippen LogP contribution in [0.5, 0.6) is 0 Å². The molecule has 1 aliphatic rings. The van der Waals surface area contributed by atoms with E-state index in [1.165, 1.54) is 31.2 Å². The number of hydrogen-bond acceptors (Lipinski definition) is 2. The Morgan fingerprint density at radius 1 is 1.21 bits per heavy atom. The normalized spacial score (nSPS) is 17.5. The maximum Gasteiger partial charge on any atom is 0.0382 e. The summed E-state index contributed by atoms with van der Waals surface area (Å²) >= 11 is 0. The van der Waals surface area contributed by atoms with E-state index in [1.807, 2.05) is 0 Å². The number of hydrogen-bond donors (Lipinski definition) is 1. The monoisotopic (exact) mass is 260 g/mol. The van der Waals surface area contributed by atoms with Crippen LogP contribution in [0.4, 0.5) is 0 Å². The molecule has 0 aliphatic heterocycles. The van der Waals surface area contributed by atoms with Crippen LogP contribution in [0.3, 0.4) is 0 Å². The van der Waals surface area contributed by atoms with E-state index in [0.29, 0.717) is 12.0 Å². The minimum atomic E-state index is 0.517. The van der Waals surface area contributed by atoms with Crippen molar-refractivity contribution in [2.24, 2.45) is 5.92 Å². The molecule has 0 fully saturated rings. The van der Waals surface area contributed by atoms with Crippen LogP contribution in [0.2, 0.25) is 0 Å². The summed E-state index contributed by atoms with van der Waals surface area (Å²) < 4.78 is 0. The Kier molecular flexibility index (Phi) is 5.00. The summed E-state index contributed by atoms with van der Waals surface area (Å²) in [6, 6.07) is 7.70. The smallest absolute Gasteiger partial charge is 0.0382 e. The van der Waals surface area contributed by atoms with Crippen molar-refractivity contribution in [3.63, 3.8) is 0 Å². The summed E-state index contributed by atoms with van der Waals surface area (Å²) in [6.45, 7) is 3.38. The molecule has 0 radical (unpaired) electrons. The van der Waals surface area contributed by atoms with E-state index >= 15 is 0 Å². The molecule has 0 bridgehead atoms. The first-order valence-electron chi connectivity index (χ1n) is 7.60. The fourth-order valence-corrected chi connectivity index (χ4v) is 3.51. The molecule has 2 unspecified atom stereocenters. The molecule has 2 rings (SSSR count). The molecule has 0 heterocycles. The number of nitrogens with one attached hydrogen (secondary N) is 1. The first-order valence-corrected chi connectivity index (χ1v) is 7.60. The van der Waals surface area contributed by atoms with Crippen molar-refractivity contribution in [1.29, 1.82) is 0 Å². The summed E-state index contributed by atoms with van der Waals surface area (Å²) in [7, 11) is 6.46. The first kappa shape index (κ1) is 14.5. The van der Waals surface area contributed by atoms with Gasteiger partial charge in [0.2, 0.25) is 0 Å². The lowest BCUT2D eigenvalue weighted by Crippen LogP contribution is -2.33. The van der Waals surface area contributed by atoms with Crippen molar-refractivity contribution in [2.45, 2.75) is 38.6 Å². The SMILES string of the molecule is CCC(CNC)C(c1ccc2c(c1)CCC2)N(C)C. The number of rotatable bonds is 6. The average molecular weight is 260 g/mol. The van der Waals surface area contributed by atoms with Gasteiger partial charge in [-0.3, -0.25) is 0 Å². The van der Waals surface area contributed by atoms with Gasteiger partial charge in [-0.05, 0) is 69.6 Å². The van der Waals surface area contributed by atoms with E-state index in [9.17, 15) is 0 Å². The zero-order valence-electron chi connectivity index (χ0n) is 12.9. The molecule has 1 aromatic rings. The van der Waals surface area contributed by atoms with Crippen LogP contribution >= 0.6 is 0 Å². The van der Waals surface area contributed by atoms with Crippen LogP contribution in [0.1, 0.15) is 42.5 Å². The van der Waals surface area contributed by atoms with Gasteiger partial charge in [-0.25, -0.2) is 0 Å². The third-order valence-electron chi connectivity index (χ3n) is 4.46. The molecule has 106 valence electrons. The van der Waals surface area contributed by atoms with Gasteiger partial charge in [0.05, 0.1) is 0 Å². The van der Waals surface area contributed by atoms with Crippen molar-refractivity contribution in [1.82, 2.24) is 10.2 Å². The lowest BCUT2D eigenvalue weighted by Gasteiger charge is -2.32. The standard InChI is InChI=1S/C17H28N2/c1-5-13(12-18-2)17(19(3)4)16-10-9-14-7-6-8-15(14)11-16/h9-11,13,17-18H,5-8,12H2,1-4H3. The number of aryl methyl sites for hydroxylation is 2. The van der Waals surface area contributed by atoms with Crippen molar-refractivity contribution >= 4 is 0 Å². The van der Waals surface area contributed by atoms with Gasteiger partial charge >= 0.3 is 0 Å². The highest BCUT2D eigenvalue weighted by atomic mass is 15.1. The Morgan fingerprint density at radius 2 is 1.95 bits per heavy atom. The second-order valence-corrected chi connectivity index (χ2v) is 6.02. The largest absolute Gasteiger partial charge is 0.319 e. The van der Waals surface area contributed by atoms with Crippen molar-refractivity contribution in [2.75, 3.05) is 27.7 Å². The predicted octanol–water partition coefficient (Wildman–Crippen LogP) is 3.02. The molecule has 0 spiro atoms. The Bertz CT molecular complexity index is 412. The van der Waals surface area contributed by atoms with E-state index in [4.69, 9.17) is 0 Å². The van der Waals surface area contributed by atoms with Crippen molar-refractivity contribution < 1.29 is 0 Å². The van der Waals surface area contributed by atoms with Gasteiger partial charge in [0.1, 0.15) is 0 Å². The second kappa shape index (κ2) is 6.53. The van der Waals surface area contributed by atoms with Crippen LogP contribution in [-0.4, -0.2) is 32.6 Å². The third-order valence-corrected chi connectivity index (χ3v) is 4.46. The van der Waals surface area contributed by atoms with Crippen molar-refractivity contribution in [3.8, 4) is 0 Å². The van der Waals surface area contributed by atoms with Crippen LogP contribution in [0.15, 0.2) is 18.2 Å². The molecular weight excluding hydrogens is 232 g/mol.